The SMILES string of the molecule is CCN(CC)C(=O)c1cc(OC)c(OC)c(OC)c1-c1cc(OC)cc(OC)c1. The van der Waals surface area contributed by atoms with Gasteiger partial charge in [-0.25, -0.2) is 0 Å². The van der Waals surface area contributed by atoms with E-state index in [1.54, 1.807) is 31.3 Å². The molecule has 0 spiro atoms. The monoisotopic (exact) mass is 403 g/mol. The summed E-state index contributed by atoms with van der Waals surface area (Å²) in [7, 11) is 7.74. The van der Waals surface area contributed by atoms with Gasteiger partial charge in [-0.2, -0.15) is 0 Å². The minimum Gasteiger partial charge on any atom is -0.497 e. The zero-order valence-electron chi connectivity index (χ0n) is 18.1. The van der Waals surface area contributed by atoms with E-state index in [-0.39, 0.29) is 5.91 Å². The quantitative estimate of drug-likeness (QED) is 0.633. The molecule has 7 nitrogen and oxygen atoms in total. The van der Waals surface area contributed by atoms with Gasteiger partial charge in [0.25, 0.3) is 5.91 Å². The highest BCUT2D eigenvalue weighted by atomic mass is 16.5. The normalized spacial score (nSPS) is 10.3. The first-order valence-electron chi connectivity index (χ1n) is 9.35. The number of benzene rings is 2. The molecule has 0 saturated carbocycles. The standard InChI is InChI=1S/C22H29NO6/c1-8-23(9-2)22(24)17-13-18(27-5)20(28-6)21(29-7)19(17)14-10-15(25-3)12-16(11-14)26-4/h10-13H,8-9H2,1-7H3. The molecule has 0 aliphatic carbocycles. The summed E-state index contributed by atoms with van der Waals surface area (Å²) in [5, 5.41) is 0. The van der Waals surface area contributed by atoms with Crippen LogP contribution in [0.3, 0.4) is 0 Å². The van der Waals surface area contributed by atoms with Crippen molar-refractivity contribution in [1.82, 2.24) is 4.90 Å². The second-order valence-corrected chi connectivity index (χ2v) is 6.15. The molecule has 2 aromatic rings. The fourth-order valence-electron chi connectivity index (χ4n) is 3.24. The molecule has 0 aromatic heterocycles. The molecule has 0 atom stereocenters. The maximum absolute atomic E-state index is 13.4. The van der Waals surface area contributed by atoms with Crippen LogP contribution in [0, 0.1) is 0 Å². The van der Waals surface area contributed by atoms with Crippen LogP contribution in [-0.4, -0.2) is 59.4 Å². The number of amides is 1. The van der Waals surface area contributed by atoms with Gasteiger partial charge in [0.05, 0.1) is 41.1 Å². The summed E-state index contributed by atoms with van der Waals surface area (Å²) in [5.74, 6) is 2.28. The Hall–Kier alpha value is -3.09. The van der Waals surface area contributed by atoms with E-state index in [4.69, 9.17) is 23.7 Å². The Kier molecular flexibility index (Phi) is 7.59. The molecule has 0 heterocycles. The van der Waals surface area contributed by atoms with Crippen molar-refractivity contribution < 1.29 is 28.5 Å². The molecule has 0 aliphatic rings. The second kappa shape index (κ2) is 9.91. The van der Waals surface area contributed by atoms with Gasteiger partial charge in [0.2, 0.25) is 5.75 Å². The first-order chi connectivity index (χ1) is 14.0. The van der Waals surface area contributed by atoms with Gasteiger partial charge >= 0.3 is 0 Å². The van der Waals surface area contributed by atoms with Gasteiger partial charge in [-0.1, -0.05) is 0 Å². The van der Waals surface area contributed by atoms with Crippen LogP contribution in [0.25, 0.3) is 11.1 Å². The molecule has 2 rings (SSSR count). The molecule has 2 aromatic carbocycles. The van der Waals surface area contributed by atoms with Crippen LogP contribution in [0.1, 0.15) is 24.2 Å². The van der Waals surface area contributed by atoms with Gasteiger partial charge in [0, 0.05) is 24.7 Å². The fraction of sp³-hybridized carbons (Fsp3) is 0.409. The molecule has 7 heteroatoms. The molecule has 0 radical (unpaired) electrons. The van der Waals surface area contributed by atoms with Crippen LogP contribution in [-0.2, 0) is 0 Å². The summed E-state index contributed by atoms with van der Waals surface area (Å²) in [6.07, 6.45) is 0. The number of rotatable bonds is 9. The molecular formula is C22H29NO6. The molecule has 29 heavy (non-hydrogen) atoms. The van der Waals surface area contributed by atoms with E-state index in [2.05, 4.69) is 0 Å². The number of ether oxygens (including phenoxy) is 5. The Morgan fingerprint density at radius 1 is 0.759 bits per heavy atom. The molecule has 158 valence electrons. The zero-order chi connectivity index (χ0) is 21.6. The van der Waals surface area contributed by atoms with E-state index in [9.17, 15) is 4.79 Å². The summed E-state index contributed by atoms with van der Waals surface area (Å²) in [6.45, 7) is 5.03. The highest BCUT2D eigenvalue weighted by Crippen LogP contribution is 2.48. The third-order valence-electron chi connectivity index (χ3n) is 4.75. The summed E-state index contributed by atoms with van der Waals surface area (Å²) < 4.78 is 27.5. The Morgan fingerprint density at radius 3 is 1.72 bits per heavy atom. The molecule has 0 fully saturated rings. The topological polar surface area (TPSA) is 66.5 Å². The largest absolute Gasteiger partial charge is 0.497 e. The summed E-state index contributed by atoms with van der Waals surface area (Å²) >= 11 is 0. The number of hydrogen-bond acceptors (Lipinski definition) is 6. The third kappa shape index (κ3) is 4.34. The zero-order valence-corrected chi connectivity index (χ0v) is 18.1. The van der Waals surface area contributed by atoms with Crippen LogP contribution in [0.4, 0.5) is 0 Å². The van der Waals surface area contributed by atoms with Gasteiger partial charge < -0.3 is 28.6 Å². The van der Waals surface area contributed by atoms with Crippen molar-refractivity contribution in [2.24, 2.45) is 0 Å². The van der Waals surface area contributed by atoms with E-state index < -0.39 is 0 Å². The van der Waals surface area contributed by atoms with Crippen molar-refractivity contribution in [2.75, 3.05) is 48.6 Å². The van der Waals surface area contributed by atoms with Gasteiger partial charge in [0.1, 0.15) is 11.5 Å². The summed E-state index contributed by atoms with van der Waals surface area (Å²) in [5.41, 5.74) is 1.73. The predicted molar refractivity (Wildman–Crippen MR) is 112 cm³/mol. The highest BCUT2D eigenvalue weighted by Gasteiger charge is 2.27. The Bertz CT molecular complexity index is 839. The first-order valence-corrected chi connectivity index (χ1v) is 9.35. The van der Waals surface area contributed by atoms with E-state index in [0.717, 1.165) is 0 Å². The molecule has 1 amide bonds. The fourth-order valence-corrected chi connectivity index (χ4v) is 3.24. The van der Waals surface area contributed by atoms with Gasteiger partial charge in [-0.15, -0.1) is 0 Å². The van der Waals surface area contributed by atoms with Crippen LogP contribution in [0.2, 0.25) is 0 Å². The van der Waals surface area contributed by atoms with Crippen molar-refractivity contribution >= 4 is 5.91 Å². The Balaban J connectivity index is 2.92. The molecule has 0 unspecified atom stereocenters. The van der Waals surface area contributed by atoms with Crippen molar-refractivity contribution in [3.63, 3.8) is 0 Å². The number of carbonyl (C=O) groups is 1. The number of carbonyl (C=O) groups excluding carboxylic acids is 1. The number of nitrogens with zero attached hydrogens (tertiary/aromatic N) is 1. The van der Waals surface area contributed by atoms with Crippen molar-refractivity contribution in [2.45, 2.75) is 13.8 Å². The average Bonchev–Trinajstić information content (AvgIpc) is 2.77. The third-order valence-corrected chi connectivity index (χ3v) is 4.75. The van der Waals surface area contributed by atoms with Crippen molar-refractivity contribution in [3.05, 3.63) is 29.8 Å². The van der Waals surface area contributed by atoms with Crippen LogP contribution in [0.5, 0.6) is 28.7 Å². The Morgan fingerprint density at radius 2 is 1.31 bits per heavy atom. The predicted octanol–water partition coefficient (Wildman–Crippen LogP) is 3.88. The summed E-state index contributed by atoms with van der Waals surface area (Å²) in [4.78, 5) is 15.1. The van der Waals surface area contributed by atoms with E-state index in [1.807, 2.05) is 26.0 Å². The molecule has 0 bridgehead atoms. The molecular weight excluding hydrogens is 374 g/mol. The molecule has 0 saturated heterocycles. The van der Waals surface area contributed by atoms with Crippen LogP contribution in [0.15, 0.2) is 24.3 Å². The number of methoxy groups -OCH3 is 5. The van der Waals surface area contributed by atoms with Gasteiger partial charge in [-0.05, 0) is 37.6 Å². The van der Waals surface area contributed by atoms with E-state index >= 15 is 0 Å². The van der Waals surface area contributed by atoms with Crippen LogP contribution >= 0.6 is 0 Å². The minimum atomic E-state index is -0.133. The summed E-state index contributed by atoms with van der Waals surface area (Å²) in [6, 6.07) is 7.10. The van der Waals surface area contributed by atoms with Crippen molar-refractivity contribution in [1.29, 1.82) is 0 Å². The highest BCUT2D eigenvalue weighted by molar-refractivity contribution is 6.04. The lowest BCUT2D eigenvalue weighted by molar-refractivity contribution is 0.0773. The van der Waals surface area contributed by atoms with Crippen LogP contribution < -0.4 is 23.7 Å². The van der Waals surface area contributed by atoms with E-state index in [0.29, 0.717) is 58.5 Å². The Labute approximate surface area is 172 Å². The minimum absolute atomic E-state index is 0.133. The van der Waals surface area contributed by atoms with Gasteiger partial charge in [-0.3, -0.25) is 4.79 Å². The lowest BCUT2D eigenvalue weighted by Crippen LogP contribution is -2.31. The average molecular weight is 403 g/mol. The second-order valence-electron chi connectivity index (χ2n) is 6.15. The maximum atomic E-state index is 13.4. The first kappa shape index (κ1) is 22.2. The lowest BCUT2D eigenvalue weighted by atomic mass is 9.95. The molecule has 0 N–H and O–H groups in total. The van der Waals surface area contributed by atoms with Crippen molar-refractivity contribution in [3.8, 4) is 39.9 Å². The van der Waals surface area contributed by atoms with E-state index in [1.165, 1.54) is 21.3 Å². The molecule has 0 aliphatic heterocycles. The lowest BCUT2D eigenvalue weighted by Gasteiger charge is -2.24. The van der Waals surface area contributed by atoms with Gasteiger partial charge in [0.15, 0.2) is 11.5 Å². The smallest absolute Gasteiger partial charge is 0.254 e. The maximum Gasteiger partial charge on any atom is 0.254 e. The number of hydrogen-bond donors (Lipinski definition) is 0.